The lowest BCUT2D eigenvalue weighted by Crippen LogP contribution is -2.20. The number of aromatic amines is 1. The molecule has 1 amide bonds. The molecule has 4 rings (SSSR count). The zero-order chi connectivity index (χ0) is 20.5. The van der Waals surface area contributed by atoms with Crippen molar-refractivity contribution < 1.29 is 4.79 Å². The van der Waals surface area contributed by atoms with Gasteiger partial charge in [0.25, 0.3) is 0 Å². The van der Waals surface area contributed by atoms with Gasteiger partial charge in [-0.15, -0.1) is 0 Å². The number of hydrogen-bond acceptors (Lipinski definition) is 2. The highest BCUT2D eigenvalue weighted by Crippen LogP contribution is 2.29. The number of fused-ring (bicyclic) bond motifs is 2. The molecule has 0 unspecified atom stereocenters. The van der Waals surface area contributed by atoms with Crippen LogP contribution in [0.3, 0.4) is 0 Å². The zero-order valence-corrected chi connectivity index (χ0v) is 17.8. The lowest BCUT2D eigenvalue weighted by molar-refractivity contribution is -0.116. The van der Waals surface area contributed by atoms with Crippen molar-refractivity contribution in [3.8, 4) is 0 Å². The van der Waals surface area contributed by atoms with E-state index in [0.29, 0.717) is 6.42 Å². The van der Waals surface area contributed by atoms with Gasteiger partial charge in [0.05, 0.1) is 0 Å². The number of nitrogens with zero attached hydrogens (tertiary/aromatic N) is 1. The Morgan fingerprint density at radius 2 is 1.61 bits per heavy atom. The summed E-state index contributed by atoms with van der Waals surface area (Å²) < 4.78 is 0. The molecule has 0 saturated carbocycles. The van der Waals surface area contributed by atoms with E-state index < -0.39 is 0 Å². The van der Waals surface area contributed by atoms with E-state index >= 15 is 0 Å². The molecule has 2 aromatic heterocycles. The minimum Gasteiger partial charge on any atom is -0.346 e. The van der Waals surface area contributed by atoms with Crippen LogP contribution in [-0.4, -0.2) is 15.9 Å². The summed E-state index contributed by atoms with van der Waals surface area (Å²) in [4.78, 5) is 18.6. The van der Waals surface area contributed by atoms with E-state index in [2.05, 4.69) is 81.1 Å². The van der Waals surface area contributed by atoms with Crippen molar-refractivity contribution in [1.29, 1.82) is 0 Å². The van der Waals surface area contributed by atoms with Crippen molar-refractivity contribution in [3.05, 3.63) is 59.4 Å². The first kappa shape index (κ1) is 20.1. The fourth-order valence-corrected chi connectivity index (χ4v) is 3.20. The monoisotopic (exact) mass is 377 g/mol. The topological polar surface area (TPSA) is 57.8 Å². The van der Waals surface area contributed by atoms with Crippen LogP contribution in [0.4, 0.5) is 5.69 Å². The van der Waals surface area contributed by atoms with Gasteiger partial charge in [-0.1, -0.05) is 53.7 Å². The Balaban J connectivity index is 0.000000162. The first-order valence-electron chi connectivity index (χ1n) is 9.91. The van der Waals surface area contributed by atoms with Gasteiger partial charge < -0.3 is 10.3 Å². The highest BCUT2D eigenvalue weighted by Gasteiger charge is 2.19. The third-order valence-corrected chi connectivity index (χ3v) is 5.13. The number of aryl methyl sites for hydroxylation is 1. The standard InChI is InChI=1S/C13H17NO.C11H14N2/c1-13(2,3)10-5-6-11-9(8-10)4-7-12(15)14-11;1-11(2,3)9-6-8-4-5-12-10(8)13-7-9/h5-6,8H,4,7H2,1-3H3,(H,14,15);4-7H,1-3H3,(H,12,13). The van der Waals surface area contributed by atoms with Gasteiger partial charge in [-0.2, -0.15) is 0 Å². The molecule has 3 heterocycles. The second kappa shape index (κ2) is 7.42. The summed E-state index contributed by atoms with van der Waals surface area (Å²) in [7, 11) is 0. The largest absolute Gasteiger partial charge is 0.346 e. The van der Waals surface area contributed by atoms with Crippen LogP contribution < -0.4 is 5.32 Å². The first-order chi connectivity index (χ1) is 13.0. The Bertz CT molecular complexity index is 987. The molecule has 1 aliphatic rings. The minimum atomic E-state index is 0.131. The van der Waals surface area contributed by atoms with Gasteiger partial charge in [-0.25, -0.2) is 4.98 Å². The molecule has 3 aromatic rings. The highest BCUT2D eigenvalue weighted by molar-refractivity contribution is 5.93. The van der Waals surface area contributed by atoms with Gasteiger partial charge in [-0.05, 0) is 52.1 Å². The Kier molecular flexibility index (Phi) is 5.33. The summed E-state index contributed by atoms with van der Waals surface area (Å²) in [5.74, 6) is 0.131. The lowest BCUT2D eigenvalue weighted by Gasteiger charge is -2.23. The van der Waals surface area contributed by atoms with Crippen molar-refractivity contribution in [2.24, 2.45) is 0 Å². The van der Waals surface area contributed by atoms with E-state index in [1.54, 1.807) is 0 Å². The average molecular weight is 378 g/mol. The number of benzene rings is 1. The van der Waals surface area contributed by atoms with E-state index in [9.17, 15) is 4.79 Å². The summed E-state index contributed by atoms with van der Waals surface area (Å²) in [6, 6.07) is 10.6. The third kappa shape index (κ3) is 4.61. The molecule has 0 fully saturated rings. The maximum atomic E-state index is 11.2. The molecule has 0 saturated heterocycles. The molecule has 0 atom stereocenters. The molecule has 4 heteroatoms. The Morgan fingerprint density at radius 1 is 0.893 bits per heavy atom. The molecule has 28 heavy (non-hydrogen) atoms. The molecule has 1 aromatic carbocycles. The Hall–Kier alpha value is -2.62. The summed E-state index contributed by atoms with van der Waals surface area (Å²) >= 11 is 0. The van der Waals surface area contributed by atoms with Crippen molar-refractivity contribution in [2.45, 2.75) is 65.2 Å². The average Bonchev–Trinajstić information content (AvgIpc) is 3.08. The number of rotatable bonds is 0. The van der Waals surface area contributed by atoms with Gasteiger partial charge in [0, 0.05) is 29.9 Å². The molecule has 0 bridgehead atoms. The van der Waals surface area contributed by atoms with Crippen molar-refractivity contribution in [1.82, 2.24) is 9.97 Å². The number of nitrogens with one attached hydrogen (secondary N) is 2. The van der Waals surface area contributed by atoms with Crippen molar-refractivity contribution in [2.75, 3.05) is 5.32 Å². The first-order valence-corrected chi connectivity index (χ1v) is 9.91. The fraction of sp³-hybridized carbons (Fsp3) is 0.417. The van der Waals surface area contributed by atoms with Gasteiger partial charge in [0.1, 0.15) is 5.65 Å². The van der Waals surface area contributed by atoms with Gasteiger partial charge in [0.2, 0.25) is 5.91 Å². The smallest absolute Gasteiger partial charge is 0.224 e. The molecule has 0 spiro atoms. The second-order valence-electron chi connectivity index (χ2n) is 9.56. The number of anilines is 1. The summed E-state index contributed by atoms with van der Waals surface area (Å²) in [5, 5.41) is 4.09. The second-order valence-corrected chi connectivity index (χ2v) is 9.56. The van der Waals surface area contributed by atoms with Crippen molar-refractivity contribution >= 4 is 22.6 Å². The molecule has 148 valence electrons. The zero-order valence-electron chi connectivity index (χ0n) is 17.8. The van der Waals surface area contributed by atoms with Crippen LogP contribution in [0.5, 0.6) is 0 Å². The Morgan fingerprint density at radius 3 is 2.29 bits per heavy atom. The molecular formula is C24H31N3O. The van der Waals surface area contributed by atoms with Crippen LogP contribution >= 0.6 is 0 Å². The third-order valence-electron chi connectivity index (χ3n) is 5.13. The molecular weight excluding hydrogens is 346 g/mol. The minimum absolute atomic E-state index is 0.131. The summed E-state index contributed by atoms with van der Waals surface area (Å²) in [5.41, 5.74) is 6.18. The maximum Gasteiger partial charge on any atom is 0.224 e. The van der Waals surface area contributed by atoms with Crippen molar-refractivity contribution in [3.63, 3.8) is 0 Å². The van der Waals surface area contributed by atoms with E-state index in [0.717, 1.165) is 17.8 Å². The fourth-order valence-electron chi connectivity index (χ4n) is 3.20. The lowest BCUT2D eigenvalue weighted by atomic mass is 9.85. The molecule has 0 aliphatic carbocycles. The predicted molar refractivity (Wildman–Crippen MR) is 117 cm³/mol. The van der Waals surface area contributed by atoms with Gasteiger partial charge >= 0.3 is 0 Å². The number of carbonyl (C=O) groups is 1. The number of H-pyrrole nitrogens is 1. The molecule has 2 N–H and O–H groups in total. The summed E-state index contributed by atoms with van der Waals surface area (Å²) in [6.07, 6.45) is 5.34. The van der Waals surface area contributed by atoms with Crippen LogP contribution in [0.15, 0.2) is 42.7 Å². The van der Waals surface area contributed by atoms with Crippen LogP contribution in [0, 0.1) is 0 Å². The molecule has 0 radical (unpaired) electrons. The SMILES string of the molecule is CC(C)(C)c1ccc2c(c1)CCC(=O)N2.CC(C)(C)c1cnc2[nH]ccc2c1. The summed E-state index contributed by atoms with van der Waals surface area (Å²) in [6.45, 7) is 13.2. The van der Waals surface area contributed by atoms with Gasteiger partial charge in [-0.3, -0.25) is 4.79 Å². The maximum absolute atomic E-state index is 11.2. The number of pyridine rings is 1. The number of aromatic nitrogens is 2. The highest BCUT2D eigenvalue weighted by atomic mass is 16.1. The predicted octanol–water partition coefficient (Wildman–Crippen LogP) is 5.73. The number of hydrogen-bond donors (Lipinski definition) is 2. The Labute approximate surface area is 167 Å². The number of amides is 1. The van der Waals surface area contributed by atoms with Crippen LogP contribution in [0.25, 0.3) is 11.0 Å². The van der Waals surface area contributed by atoms with Crippen LogP contribution in [0.1, 0.15) is 64.7 Å². The van der Waals surface area contributed by atoms with E-state index in [1.807, 2.05) is 18.5 Å². The quantitative estimate of drug-likeness (QED) is 0.526. The van der Waals surface area contributed by atoms with Gasteiger partial charge in [0.15, 0.2) is 0 Å². The normalized spacial score (nSPS) is 14.1. The number of carbonyl (C=O) groups excluding carboxylic acids is 1. The van der Waals surface area contributed by atoms with E-state index in [1.165, 1.54) is 22.1 Å². The molecule has 1 aliphatic heterocycles. The molecule has 4 nitrogen and oxygen atoms in total. The van der Waals surface area contributed by atoms with Crippen LogP contribution in [0.2, 0.25) is 0 Å². The van der Waals surface area contributed by atoms with E-state index in [4.69, 9.17) is 0 Å². The van der Waals surface area contributed by atoms with Crippen LogP contribution in [-0.2, 0) is 22.0 Å². The van der Waals surface area contributed by atoms with E-state index in [-0.39, 0.29) is 16.7 Å².